The summed E-state index contributed by atoms with van der Waals surface area (Å²) in [6, 6.07) is 5.85. The van der Waals surface area contributed by atoms with Crippen LogP contribution in [-0.2, 0) is 13.1 Å². The molecule has 2 aromatic rings. The molecule has 2 rings (SSSR count). The molecule has 0 aliphatic rings. The molecule has 2 aromatic heterocycles. The Bertz CT molecular complexity index is 556. The van der Waals surface area contributed by atoms with Crippen LogP contribution in [0.25, 0.3) is 0 Å². The Morgan fingerprint density at radius 1 is 1.29 bits per heavy atom. The van der Waals surface area contributed by atoms with E-state index in [-0.39, 0.29) is 24.0 Å². The molecule has 0 radical (unpaired) electrons. The molecule has 0 saturated carbocycles. The van der Waals surface area contributed by atoms with Gasteiger partial charge in [-0.05, 0) is 26.0 Å². The fourth-order valence-electron chi connectivity index (χ4n) is 1.65. The van der Waals surface area contributed by atoms with Gasteiger partial charge in [0.2, 0.25) is 0 Å². The highest BCUT2D eigenvalue weighted by molar-refractivity contribution is 14.0. The van der Waals surface area contributed by atoms with Crippen molar-refractivity contribution in [3.63, 3.8) is 0 Å². The van der Waals surface area contributed by atoms with Crippen molar-refractivity contribution in [2.24, 2.45) is 4.99 Å². The molecule has 2 heterocycles. The van der Waals surface area contributed by atoms with Crippen LogP contribution in [0.15, 0.2) is 34.9 Å². The summed E-state index contributed by atoms with van der Waals surface area (Å²) >= 11 is 1.66. The van der Waals surface area contributed by atoms with Crippen molar-refractivity contribution in [3.05, 3.63) is 46.2 Å². The minimum Gasteiger partial charge on any atom is -0.357 e. The van der Waals surface area contributed by atoms with Gasteiger partial charge >= 0.3 is 0 Å². The Labute approximate surface area is 146 Å². The lowest BCUT2D eigenvalue weighted by molar-refractivity contribution is 0.814. The van der Waals surface area contributed by atoms with Crippen molar-refractivity contribution in [1.82, 2.24) is 20.6 Å². The first-order chi connectivity index (χ1) is 9.79. The Kier molecular flexibility index (Phi) is 8.21. The quantitative estimate of drug-likeness (QED) is 0.446. The molecule has 0 atom stereocenters. The molecule has 0 saturated heterocycles. The number of rotatable bonds is 5. The number of hydrogen-bond acceptors (Lipinski definition) is 4. The maximum absolute atomic E-state index is 4.53. The average Bonchev–Trinajstić information content (AvgIpc) is 2.88. The van der Waals surface area contributed by atoms with E-state index in [0.717, 1.165) is 30.4 Å². The van der Waals surface area contributed by atoms with Crippen LogP contribution in [0.5, 0.6) is 0 Å². The maximum Gasteiger partial charge on any atom is 0.191 e. The molecule has 0 aliphatic heterocycles. The SMILES string of the molecule is CCNC(=NCc1ccccn1)NCc1scnc1C.I. The van der Waals surface area contributed by atoms with Gasteiger partial charge in [0.25, 0.3) is 0 Å². The fourth-order valence-corrected chi connectivity index (χ4v) is 2.37. The normalized spacial score (nSPS) is 10.9. The van der Waals surface area contributed by atoms with Gasteiger partial charge in [0.05, 0.1) is 30.0 Å². The molecule has 0 unspecified atom stereocenters. The van der Waals surface area contributed by atoms with E-state index >= 15 is 0 Å². The lowest BCUT2D eigenvalue weighted by Gasteiger charge is -2.10. The van der Waals surface area contributed by atoms with Crippen LogP contribution < -0.4 is 10.6 Å². The first kappa shape index (κ1) is 17.8. The van der Waals surface area contributed by atoms with Crippen LogP contribution >= 0.6 is 35.3 Å². The predicted octanol–water partition coefficient (Wildman–Crippen LogP) is 2.72. The van der Waals surface area contributed by atoms with Crippen LogP contribution in [0.3, 0.4) is 0 Å². The first-order valence-electron chi connectivity index (χ1n) is 6.60. The van der Waals surface area contributed by atoms with Crippen LogP contribution in [0.2, 0.25) is 0 Å². The van der Waals surface area contributed by atoms with Gasteiger partial charge in [0.15, 0.2) is 5.96 Å². The zero-order valence-corrected chi connectivity index (χ0v) is 15.3. The molecule has 0 aliphatic carbocycles. The highest BCUT2D eigenvalue weighted by Gasteiger charge is 2.03. The number of thiazole rings is 1. The third-order valence-corrected chi connectivity index (χ3v) is 3.67. The smallest absolute Gasteiger partial charge is 0.191 e. The standard InChI is InChI=1S/C14H19N5S.HI/c1-3-15-14(17-8-12-6-4-5-7-16-12)18-9-13-11(2)19-10-20-13;/h4-7,10H,3,8-9H2,1-2H3,(H2,15,17,18);1H. The van der Waals surface area contributed by atoms with Gasteiger partial charge in [0, 0.05) is 17.6 Å². The number of guanidine groups is 1. The molecule has 2 N–H and O–H groups in total. The molecule has 0 fully saturated rings. The Morgan fingerprint density at radius 3 is 2.76 bits per heavy atom. The van der Waals surface area contributed by atoms with E-state index in [1.807, 2.05) is 30.6 Å². The lowest BCUT2D eigenvalue weighted by Crippen LogP contribution is -2.36. The van der Waals surface area contributed by atoms with E-state index in [0.29, 0.717) is 6.54 Å². The molecular formula is C14H20IN5S. The number of aliphatic imine (C=N–C) groups is 1. The summed E-state index contributed by atoms with van der Waals surface area (Å²) in [6.07, 6.45) is 1.78. The second-order valence-corrected chi connectivity index (χ2v) is 5.17. The fraction of sp³-hybridized carbons (Fsp3) is 0.357. The minimum atomic E-state index is 0. The molecule has 21 heavy (non-hydrogen) atoms. The third-order valence-electron chi connectivity index (χ3n) is 2.73. The van der Waals surface area contributed by atoms with E-state index in [9.17, 15) is 0 Å². The lowest BCUT2D eigenvalue weighted by atomic mass is 10.3. The number of aryl methyl sites for hydroxylation is 1. The molecule has 0 amide bonds. The van der Waals surface area contributed by atoms with E-state index in [4.69, 9.17) is 0 Å². The van der Waals surface area contributed by atoms with Crippen molar-refractivity contribution in [1.29, 1.82) is 0 Å². The van der Waals surface area contributed by atoms with Gasteiger partial charge in [-0.1, -0.05) is 6.07 Å². The van der Waals surface area contributed by atoms with Crippen molar-refractivity contribution in [2.75, 3.05) is 6.54 Å². The summed E-state index contributed by atoms with van der Waals surface area (Å²) in [5.74, 6) is 0.797. The summed E-state index contributed by atoms with van der Waals surface area (Å²) in [4.78, 5) is 14.3. The largest absolute Gasteiger partial charge is 0.357 e. The topological polar surface area (TPSA) is 62.2 Å². The summed E-state index contributed by atoms with van der Waals surface area (Å²) in [5, 5.41) is 6.55. The number of nitrogens with zero attached hydrogens (tertiary/aromatic N) is 3. The Morgan fingerprint density at radius 2 is 2.14 bits per heavy atom. The Hall–Kier alpha value is -1.22. The van der Waals surface area contributed by atoms with E-state index < -0.39 is 0 Å². The highest BCUT2D eigenvalue weighted by atomic mass is 127. The highest BCUT2D eigenvalue weighted by Crippen LogP contribution is 2.11. The number of aromatic nitrogens is 2. The van der Waals surface area contributed by atoms with Crippen molar-refractivity contribution >= 4 is 41.3 Å². The van der Waals surface area contributed by atoms with Gasteiger partial charge in [-0.15, -0.1) is 35.3 Å². The maximum atomic E-state index is 4.53. The van der Waals surface area contributed by atoms with Crippen molar-refractivity contribution in [3.8, 4) is 0 Å². The summed E-state index contributed by atoms with van der Waals surface area (Å²) in [7, 11) is 0. The number of nitrogens with one attached hydrogen (secondary N) is 2. The second kappa shape index (κ2) is 9.67. The molecule has 0 aromatic carbocycles. The van der Waals surface area contributed by atoms with Crippen LogP contribution in [0.4, 0.5) is 0 Å². The van der Waals surface area contributed by atoms with Crippen LogP contribution in [0.1, 0.15) is 23.2 Å². The third kappa shape index (κ3) is 5.96. The van der Waals surface area contributed by atoms with E-state index in [1.54, 1.807) is 17.5 Å². The molecule has 0 spiro atoms. The van der Waals surface area contributed by atoms with Crippen LogP contribution in [-0.4, -0.2) is 22.5 Å². The number of halogens is 1. The second-order valence-electron chi connectivity index (χ2n) is 4.23. The molecular weight excluding hydrogens is 397 g/mol. The molecule has 5 nitrogen and oxygen atoms in total. The monoisotopic (exact) mass is 417 g/mol. The van der Waals surface area contributed by atoms with Gasteiger partial charge in [-0.3, -0.25) is 4.98 Å². The molecule has 7 heteroatoms. The van der Waals surface area contributed by atoms with Gasteiger partial charge < -0.3 is 10.6 Å². The first-order valence-corrected chi connectivity index (χ1v) is 7.48. The summed E-state index contributed by atoms with van der Waals surface area (Å²) in [5.41, 5.74) is 3.89. The van der Waals surface area contributed by atoms with Crippen LogP contribution in [0, 0.1) is 6.92 Å². The van der Waals surface area contributed by atoms with Crippen molar-refractivity contribution in [2.45, 2.75) is 26.9 Å². The van der Waals surface area contributed by atoms with E-state index in [1.165, 1.54) is 4.88 Å². The molecule has 114 valence electrons. The average molecular weight is 417 g/mol. The van der Waals surface area contributed by atoms with Crippen molar-refractivity contribution < 1.29 is 0 Å². The zero-order valence-electron chi connectivity index (χ0n) is 12.2. The van der Waals surface area contributed by atoms with Gasteiger partial charge in [-0.25, -0.2) is 9.98 Å². The zero-order chi connectivity index (χ0) is 14.2. The summed E-state index contributed by atoms with van der Waals surface area (Å²) in [6.45, 7) is 6.21. The van der Waals surface area contributed by atoms with E-state index in [2.05, 4.69) is 32.5 Å². The Balaban J connectivity index is 0.00000220. The van der Waals surface area contributed by atoms with Gasteiger partial charge in [0.1, 0.15) is 0 Å². The predicted molar refractivity (Wildman–Crippen MR) is 98.2 cm³/mol. The minimum absolute atomic E-state index is 0. The van der Waals surface area contributed by atoms with Gasteiger partial charge in [-0.2, -0.15) is 0 Å². The molecule has 0 bridgehead atoms. The number of hydrogen-bond donors (Lipinski definition) is 2. The summed E-state index contributed by atoms with van der Waals surface area (Å²) < 4.78 is 0. The number of pyridine rings is 1.